The number of rotatable bonds is 3. The van der Waals surface area contributed by atoms with E-state index in [1.807, 2.05) is 18.2 Å². The molecule has 0 radical (unpaired) electrons. The summed E-state index contributed by atoms with van der Waals surface area (Å²) in [6.07, 6.45) is 4.80. The number of piperidine rings is 1. The smallest absolute Gasteiger partial charge is 0.195 e. The third-order valence-corrected chi connectivity index (χ3v) is 4.30. The first-order valence-electron chi connectivity index (χ1n) is 7.45. The van der Waals surface area contributed by atoms with Crippen LogP contribution >= 0.6 is 12.4 Å². The molecule has 1 N–H and O–H groups in total. The summed E-state index contributed by atoms with van der Waals surface area (Å²) in [5.41, 5.74) is 1.14. The Morgan fingerprint density at radius 1 is 1.25 bits per heavy atom. The Bertz CT molecular complexity index is 408. The van der Waals surface area contributed by atoms with Gasteiger partial charge in [0.2, 0.25) is 0 Å². The molecule has 2 aliphatic rings. The number of benzene rings is 1. The molecule has 2 fully saturated rings. The average molecular weight is 298 g/mol. The van der Waals surface area contributed by atoms with Gasteiger partial charge >= 0.3 is 0 Å². The maximum Gasteiger partial charge on any atom is 0.195 e. The highest BCUT2D eigenvalue weighted by molar-refractivity contribution is 5.85. The Morgan fingerprint density at radius 2 is 2.05 bits per heavy atom. The largest absolute Gasteiger partial charge is 0.343 e. The van der Waals surface area contributed by atoms with Crippen LogP contribution in [0, 0.1) is 0 Å². The van der Waals surface area contributed by atoms with E-state index in [2.05, 4.69) is 24.4 Å². The molecule has 1 aromatic rings. The minimum atomic E-state index is -0.537. The first-order valence-corrected chi connectivity index (χ1v) is 7.45. The lowest BCUT2D eigenvalue weighted by molar-refractivity contribution is -0.182. The second-order valence-corrected chi connectivity index (χ2v) is 5.50. The van der Waals surface area contributed by atoms with Crippen LogP contribution in [0.25, 0.3) is 0 Å². The third-order valence-electron chi connectivity index (χ3n) is 4.30. The van der Waals surface area contributed by atoms with Gasteiger partial charge in [-0.05, 0) is 19.4 Å². The summed E-state index contributed by atoms with van der Waals surface area (Å²) in [5.74, 6) is -0.537. The maximum atomic E-state index is 6.34. The number of hydrogen-bond donors (Lipinski definition) is 1. The van der Waals surface area contributed by atoms with Crippen molar-refractivity contribution >= 4 is 12.4 Å². The Morgan fingerprint density at radius 3 is 2.70 bits per heavy atom. The van der Waals surface area contributed by atoms with E-state index in [4.69, 9.17) is 9.47 Å². The number of ether oxygens (including phenoxy) is 2. The van der Waals surface area contributed by atoms with E-state index >= 15 is 0 Å². The van der Waals surface area contributed by atoms with E-state index in [1.54, 1.807) is 0 Å². The maximum absolute atomic E-state index is 6.34. The summed E-state index contributed by atoms with van der Waals surface area (Å²) < 4.78 is 12.4. The van der Waals surface area contributed by atoms with Crippen LogP contribution in [-0.4, -0.2) is 25.3 Å². The SMILES string of the molecule is CCC1(c2ccccc2)OCC(C2CCCCN2)O1.Cl. The summed E-state index contributed by atoms with van der Waals surface area (Å²) in [6, 6.07) is 10.8. The molecule has 0 amide bonds. The van der Waals surface area contributed by atoms with Gasteiger partial charge in [-0.25, -0.2) is 0 Å². The van der Waals surface area contributed by atoms with E-state index in [-0.39, 0.29) is 18.5 Å². The van der Waals surface area contributed by atoms with Crippen molar-refractivity contribution in [1.82, 2.24) is 5.32 Å². The molecule has 4 heteroatoms. The second kappa shape index (κ2) is 6.90. The van der Waals surface area contributed by atoms with Gasteiger partial charge < -0.3 is 14.8 Å². The highest BCUT2D eigenvalue weighted by Gasteiger charge is 2.44. The fourth-order valence-corrected chi connectivity index (χ4v) is 3.16. The fourth-order valence-electron chi connectivity index (χ4n) is 3.16. The van der Waals surface area contributed by atoms with Gasteiger partial charge in [-0.3, -0.25) is 0 Å². The molecule has 112 valence electrons. The molecule has 1 aromatic carbocycles. The van der Waals surface area contributed by atoms with Crippen LogP contribution in [0.4, 0.5) is 0 Å². The highest BCUT2D eigenvalue weighted by atomic mass is 35.5. The van der Waals surface area contributed by atoms with Gasteiger partial charge in [0.1, 0.15) is 6.10 Å². The molecule has 2 aliphatic heterocycles. The van der Waals surface area contributed by atoms with Gasteiger partial charge in [0.25, 0.3) is 0 Å². The standard InChI is InChI=1S/C16H23NO2.ClH/c1-2-16(13-8-4-3-5-9-13)18-12-15(19-16)14-10-6-7-11-17-14;/h3-5,8-9,14-15,17H,2,6-7,10-12H2,1H3;1H. The minimum absolute atomic E-state index is 0. The summed E-state index contributed by atoms with van der Waals surface area (Å²) in [5, 5.41) is 3.57. The lowest BCUT2D eigenvalue weighted by Crippen LogP contribution is -2.45. The average Bonchev–Trinajstić information content (AvgIpc) is 2.95. The van der Waals surface area contributed by atoms with Gasteiger partial charge in [-0.2, -0.15) is 0 Å². The normalized spacial score (nSPS) is 33.6. The van der Waals surface area contributed by atoms with Crippen molar-refractivity contribution in [3.63, 3.8) is 0 Å². The molecular formula is C16H24ClNO2. The van der Waals surface area contributed by atoms with Crippen molar-refractivity contribution in [2.45, 2.75) is 50.5 Å². The molecule has 3 nitrogen and oxygen atoms in total. The van der Waals surface area contributed by atoms with Crippen molar-refractivity contribution in [1.29, 1.82) is 0 Å². The summed E-state index contributed by atoms with van der Waals surface area (Å²) in [7, 11) is 0. The molecule has 3 atom stereocenters. The van der Waals surface area contributed by atoms with Gasteiger partial charge in [0.15, 0.2) is 5.79 Å². The van der Waals surface area contributed by atoms with Crippen LogP contribution in [0.5, 0.6) is 0 Å². The summed E-state index contributed by atoms with van der Waals surface area (Å²) >= 11 is 0. The van der Waals surface area contributed by atoms with Crippen LogP contribution in [0.2, 0.25) is 0 Å². The quantitative estimate of drug-likeness (QED) is 0.929. The molecule has 3 rings (SSSR count). The van der Waals surface area contributed by atoms with E-state index in [9.17, 15) is 0 Å². The molecular weight excluding hydrogens is 274 g/mol. The zero-order chi connectivity index (χ0) is 13.1. The van der Waals surface area contributed by atoms with Crippen LogP contribution in [0.15, 0.2) is 30.3 Å². The molecule has 0 bridgehead atoms. The number of nitrogens with one attached hydrogen (secondary N) is 1. The predicted octanol–water partition coefficient (Wildman–Crippen LogP) is 3.23. The molecule has 2 heterocycles. The lowest BCUT2D eigenvalue weighted by atomic mass is 10.00. The Kier molecular flexibility index (Phi) is 5.44. The monoisotopic (exact) mass is 297 g/mol. The van der Waals surface area contributed by atoms with Crippen molar-refractivity contribution in [2.75, 3.05) is 13.2 Å². The molecule has 20 heavy (non-hydrogen) atoms. The third kappa shape index (κ3) is 3.01. The molecule has 3 unspecified atom stereocenters. The summed E-state index contributed by atoms with van der Waals surface area (Å²) in [6.45, 7) is 3.93. The zero-order valence-electron chi connectivity index (χ0n) is 12.0. The molecule has 0 aliphatic carbocycles. The van der Waals surface area contributed by atoms with Gasteiger partial charge in [-0.15, -0.1) is 12.4 Å². The van der Waals surface area contributed by atoms with Crippen molar-refractivity contribution < 1.29 is 9.47 Å². The fraction of sp³-hybridized carbons (Fsp3) is 0.625. The van der Waals surface area contributed by atoms with Gasteiger partial charge in [0, 0.05) is 18.0 Å². The van der Waals surface area contributed by atoms with E-state index in [0.717, 1.165) is 18.5 Å². The van der Waals surface area contributed by atoms with E-state index < -0.39 is 5.79 Å². The first-order chi connectivity index (χ1) is 9.34. The van der Waals surface area contributed by atoms with Crippen LogP contribution in [-0.2, 0) is 15.3 Å². The van der Waals surface area contributed by atoms with E-state index in [0.29, 0.717) is 12.6 Å². The summed E-state index contributed by atoms with van der Waals surface area (Å²) in [4.78, 5) is 0. The number of halogens is 1. The topological polar surface area (TPSA) is 30.5 Å². The van der Waals surface area contributed by atoms with Crippen molar-refractivity contribution in [3.8, 4) is 0 Å². The Labute approximate surface area is 127 Å². The van der Waals surface area contributed by atoms with Crippen LogP contribution in [0.3, 0.4) is 0 Å². The molecule has 0 saturated carbocycles. The van der Waals surface area contributed by atoms with Crippen LogP contribution in [0.1, 0.15) is 38.2 Å². The predicted molar refractivity (Wildman–Crippen MR) is 82.1 cm³/mol. The van der Waals surface area contributed by atoms with Crippen LogP contribution < -0.4 is 5.32 Å². The second-order valence-electron chi connectivity index (χ2n) is 5.50. The molecule has 0 aromatic heterocycles. The molecule has 2 saturated heterocycles. The van der Waals surface area contributed by atoms with Gasteiger partial charge in [-0.1, -0.05) is 43.7 Å². The highest BCUT2D eigenvalue weighted by Crippen LogP contribution is 2.38. The minimum Gasteiger partial charge on any atom is -0.343 e. The number of hydrogen-bond acceptors (Lipinski definition) is 3. The Balaban J connectivity index is 0.00000147. The van der Waals surface area contributed by atoms with Crippen molar-refractivity contribution in [2.24, 2.45) is 0 Å². The lowest BCUT2D eigenvalue weighted by Gasteiger charge is -2.31. The Hall–Kier alpha value is -0.610. The first kappa shape index (κ1) is 15.8. The molecule has 0 spiro atoms. The van der Waals surface area contributed by atoms with Crippen molar-refractivity contribution in [3.05, 3.63) is 35.9 Å². The van der Waals surface area contributed by atoms with E-state index in [1.165, 1.54) is 19.3 Å². The van der Waals surface area contributed by atoms with Gasteiger partial charge in [0.05, 0.1) is 6.61 Å². The zero-order valence-corrected chi connectivity index (χ0v) is 12.8.